The van der Waals surface area contributed by atoms with Gasteiger partial charge in [0.1, 0.15) is 0 Å². The molecule has 0 amide bonds. The van der Waals surface area contributed by atoms with Gasteiger partial charge in [0.2, 0.25) is 0 Å². The predicted molar refractivity (Wildman–Crippen MR) is 48.4 cm³/mol. The number of rotatable bonds is 2. The largest absolute Gasteiger partial charge is 0.323 e. The van der Waals surface area contributed by atoms with Crippen LogP contribution in [0.5, 0.6) is 0 Å². The molecule has 1 aliphatic heterocycles. The summed E-state index contributed by atoms with van der Waals surface area (Å²) in [5, 5.41) is 3.85. The van der Waals surface area contributed by atoms with Crippen molar-refractivity contribution in [3.05, 3.63) is 18.0 Å². The van der Waals surface area contributed by atoms with Crippen molar-refractivity contribution in [2.75, 3.05) is 13.1 Å². The highest BCUT2D eigenvalue weighted by Gasteiger charge is 2.62. The molecule has 0 aromatic carbocycles. The van der Waals surface area contributed by atoms with Gasteiger partial charge in [-0.15, -0.1) is 0 Å². The Morgan fingerprint density at radius 1 is 1.25 bits per heavy atom. The summed E-state index contributed by atoms with van der Waals surface area (Å²) in [6, 6.07) is 0. The van der Waals surface area contributed by atoms with Crippen LogP contribution in [0.25, 0.3) is 0 Å². The van der Waals surface area contributed by atoms with Gasteiger partial charge in [0.15, 0.2) is 0 Å². The van der Waals surface area contributed by atoms with Crippen molar-refractivity contribution in [3.63, 3.8) is 0 Å². The Morgan fingerprint density at radius 3 is 2.25 bits per heavy atom. The minimum atomic E-state index is -3.94. The number of aromatic nitrogens is 2. The van der Waals surface area contributed by atoms with Crippen LogP contribution in [0.4, 0.5) is 17.6 Å². The molecule has 0 spiro atoms. The maximum atomic E-state index is 12.9. The molecule has 1 fully saturated rings. The lowest BCUT2D eigenvalue weighted by molar-refractivity contribution is -0.172. The molecule has 0 saturated carbocycles. The van der Waals surface area contributed by atoms with Crippen LogP contribution in [0.2, 0.25) is 0 Å². The van der Waals surface area contributed by atoms with Crippen molar-refractivity contribution < 1.29 is 17.6 Å². The molecule has 0 unspecified atom stereocenters. The monoisotopic (exact) mass is 237 g/mol. The second kappa shape index (κ2) is 3.44. The summed E-state index contributed by atoms with van der Waals surface area (Å²) in [6.07, 6.45) is 3.10. The summed E-state index contributed by atoms with van der Waals surface area (Å²) in [5.74, 6) is -7.87. The van der Waals surface area contributed by atoms with E-state index < -0.39 is 24.9 Å². The van der Waals surface area contributed by atoms with Crippen LogP contribution in [0.15, 0.2) is 12.4 Å². The molecule has 0 atom stereocenters. The number of alkyl halides is 4. The zero-order valence-corrected chi connectivity index (χ0v) is 8.63. The van der Waals surface area contributed by atoms with Crippen LogP contribution in [-0.4, -0.2) is 39.6 Å². The van der Waals surface area contributed by atoms with E-state index in [1.807, 2.05) is 0 Å². The fourth-order valence-corrected chi connectivity index (χ4v) is 1.77. The highest BCUT2D eigenvalue weighted by Crippen LogP contribution is 2.41. The summed E-state index contributed by atoms with van der Waals surface area (Å²) in [5.41, 5.74) is 0.649. The number of nitrogens with zero attached hydrogens (tertiary/aromatic N) is 3. The SMILES string of the molecule is Cn1cc(CN2CC(F)(F)C(F)(F)C2)cn1. The molecule has 1 aromatic heterocycles. The molecule has 0 radical (unpaired) electrons. The Labute approximate surface area is 89.6 Å². The Morgan fingerprint density at radius 2 is 1.81 bits per heavy atom. The molecular weight excluding hydrogens is 226 g/mol. The summed E-state index contributed by atoms with van der Waals surface area (Å²) in [6.45, 7) is -1.75. The smallest absolute Gasteiger partial charge is 0.287 e. The van der Waals surface area contributed by atoms with Crippen LogP contribution < -0.4 is 0 Å². The first kappa shape index (κ1) is 11.4. The van der Waals surface area contributed by atoms with Gasteiger partial charge in [-0.3, -0.25) is 9.58 Å². The van der Waals surface area contributed by atoms with Crippen LogP contribution in [0.3, 0.4) is 0 Å². The predicted octanol–water partition coefficient (Wildman–Crippen LogP) is 1.51. The van der Waals surface area contributed by atoms with Crippen molar-refractivity contribution in [3.8, 4) is 0 Å². The number of halogens is 4. The number of hydrogen-bond acceptors (Lipinski definition) is 2. The van der Waals surface area contributed by atoms with E-state index in [2.05, 4.69) is 5.10 Å². The highest BCUT2D eigenvalue weighted by atomic mass is 19.3. The first-order chi connectivity index (χ1) is 7.30. The van der Waals surface area contributed by atoms with E-state index in [-0.39, 0.29) is 6.54 Å². The lowest BCUT2D eigenvalue weighted by Crippen LogP contribution is -2.38. The van der Waals surface area contributed by atoms with Crippen molar-refractivity contribution in [2.24, 2.45) is 7.05 Å². The van der Waals surface area contributed by atoms with E-state index >= 15 is 0 Å². The standard InChI is InChI=1S/C9H11F4N3/c1-15-3-7(2-14-15)4-16-5-8(10,11)9(12,13)6-16/h2-3H,4-6H2,1H3. The zero-order valence-electron chi connectivity index (χ0n) is 8.63. The Hall–Kier alpha value is -1.11. The van der Waals surface area contributed by atoms with E-state index in [1.54, 1.807) is 13.2 Å². The summed E-state index contributed by atoms with van der Waals surface area (Å²) >= 11 is 0. The fraction of sp³-hybridized carbons (Fsp3) is 0.667. The third-order valence-electron chi connectivity index (χ3n) is 2.54. The molecule has 0 N–H and O–H groups in total. The minimum Gasteiger partial charge on any atom is -0.287 e. The Balaban J connectivity index is 2.04. The molecule has 1 aromatic rings. The van der Waals surface area contributed by atoms with E-state index in [9.17, 15) is 17.6 Å². The molecule has 1 saturated heterocycles. The third-order valence-corrected chi connectivity index (χ3v) is 2.54. The average Bonchev–Trinajstić information content (AvgIpc) is 2.56. The van der Waals surface area contributed by atoms with Gasteiger partial charge >= 0.3 is 11.8 Å². The summed E-state index contributed by atoms with van der Waals surface area (Å²) in [4.78, 5) is 1.04. The Kier molecular flexibility index (Phi) is 2.45. The van der Waals surface area contributed by atoms with E-state index in [1.165, 1.54) is 10.9 Å². The first-order valence-electron chi connectivity index (χ1n) is 4.76. The quantitative estimate of drug-likeness (QED) is 0.727. The fourth-order valence-electron chi connectivity index (χ4n) is 1.77. The zero-order chi connectivity index (χ0) is 12.0. The van der Waals surface area contributed by atoms with Gasteiger partial charge in [-0.1, -0.05) is 0 Å². The van der Waals surface area contributed by atoms with Crippen molar-refractivity contribution >= 4 is 0 Å². The number of likely N-dealkylation sites (tertiary alicyclic amines) is 1. The van der Waals surface area contributed by atoms with Crippen LogP contribution in [0.1, 0.15) is 5.56 Å². The molecule has 16 heavy (non-hydrogen) atoms. The lowest BCUT2D eigenvalue weighted by atomic mass is 10.2. The molecule has 3 nitrogen and oxygen atoms in total. The molecule has 0 bridgehead atoms. The second-order valence-corrected chi connectivity index (χ2v) is 4.08. The number of aryl methyl sites for hydroxylation is 1. The average molecular weight is 237 g/mol. The van der Waals surface area contributed by atoms with E-state index in [0.717, 1.165) is 4.90 Å². The molecule has 2 heterocycles. The van der Waals surface area contributed by atoms with Gasteiger partial charge in [0, 0.05) is 25.4 Å². The van der Waals surface area contributed by atoms with Crippen LogP contribution >= 0.6 is 0 Å². The molecule has 7 heteroatoms. The normalized spacial score (nSPS) is 23.8. The minimum absolute atomic E-state index is 0.0685. The molecule has 0 aliphatic carbocycles. The van der Waals surface area contributed by atoms with Gasteiger partial charge in [-0.25, -0.2) is 0 Å². The summed E-state index contributed by atoms with van der Waals surface area (Å²) in [7, 11) is 1.68. The maximum absolute atomic E-state index is 12.9. The number of hydrogen-bond donors (Lipinski definition) is 0. The van der Waals surface area contributed by atoms with Crippen molar-refractivity contribution in [1.29, 1.82) is 0 Å². The van der Waals surface area contributed by atoms with Crippen molar-refractivity contribution in [2.45, 2.75) is 18.4 Å². The molecule has 90 valence electrons. The van der Waals surface area contributed by atoms with Crippen LogP contribution in [0, 0.1) is 0 Å². The van der Waals surface area contributed by atoms with E-state index in [0.29, 0.717) is 5.56 Å². The van der Waals surface area contributed by atoms with Gasteiger partial charge in [-0.05, 0) is 0 Å². The van der Waals surface area contributed by atoms with E-state index in [4.69, 9.17) is 0 Å². The van der Waals surface area contributed by atoms with Crippen LogP contribution in [-0.2, 0) is 13.6 Å². The Bertz CT molecular complexity index is 372. The molecule has 2 rings (SSSR count). The van der Waals surface area contributed by atoms with Crippen molar-refractivity contribution in [1.82, 2.24) is 14.7 Å². The van der Waals surface area contributed by atoms with Gasteiger partial charge in [0.05, 0.1) is 19.3 Å². The highest BCUT2D eigenvalue weighted by molar-refractivity contribution is 5.06. The lowest BCUT2D eigenvalue weighted by Gasteiger charge is -2.15. The first-order valence-corrected chi connectivity index (χ1v) is 4.76. The summed E-state index contributed by atoms with van der Waals surface area (Å²) < 4.78 is 53.0. The van der Waals surface area contributed by atoms with Gasteiger partial charge < -0.3 is 0 Å². The second-order valence-electron chi connectivity index (χ2n) is 4.08. The molecule has 1 aliphatic rings. The van der Waals surface area contributed by atoms with Gasteiger partial charge in [-0.2, -0.15) is 22.7 Å². The third kappa shape index (κ3) is 1.91. The molecular formula is C9H11F4N3. The van der Waals surface area contributed by atoms with Gasteiger partial charge in [0.25, 0.3) is 0 Å². The maximum Gasteiger partial charge on any atom is 0.323 e. The topological polar surface area (TPSA) is 21.1 Å².